The van der Waals surface area contributed by atoms with Gasteiger partial charge < -0.3 is 19.9 Å². The number of aromatic nitrogens is 3. The molecule has 8 heteroatoms. The monoisotopic (exact) mass is 526 g/mol. The van der Waals surface area contributed by atoms with Crippen molar-refractivity contribution >= 4 is 29.9 Å². The minimum absolute atomic E-state index is 0. The molecule has 1 aliphatic rings. The van der Waals surface area contributed by atoms with Crippen molar-refractivity contribution < 1.29 is 4.74 Å². The fraction of sp³-hybridized carbons (Fsp3) is 0.591. The normalized spacial score (nSPS) is 15.5. The first-order valence-corrected chi connectivity index (χ1v) is 10.6. The predicted octanol–water partition coefficient (Wildman–Crippen LogP) is 3.92. The van der Waals surface area contributed by atoms with Crippen molar-refractivity contribution in [3.63, 3.8) is 0 Å². The number of methoxy groups -OCH3 is 1. The van der Waals surface area contributed by atoms with E-state index in [0.717, 1.165) is 36.3 Å². The lowest BCUT2D eigenvalue weighted by molar-refractivity contribution is 0.414. The van der Waals surface area contributed by atoms with Crippen LogP contribution >= 0.6 is 24.0 Å². The average molecular weight is 526 g/mol. The number of benzene rings is 1. The van der Waals surface area contributed by atoms with Gasteiger partial charge in [0, 0.05) is 19.6 Å². The lowest BCUT2D eigenvalue weighted by atomic mass is 9.98. The van der Waals surface area contributed by atoms with Crippen molar-refractivity contribution in [1.29, 1.82) is 0 Å². The molecular formula is C22H35IN6O. The molecule has 1 heterocycles. The molecule has 1 aliphatic carbocycles. The molecule has 1 saturated carbocycles. The summed E-state index contributed by atoms with van der Waals surface area (Å²) >= 11 is 0. The second-order valence-corrected chi connectivity index (χ2v) is 7.90. The van der Waals surface area contributed by atoms with E-state index < -0.39 is 0 Å². The van der Waals surface area contributed by atoms with E-state index >= 15 is 0 Å². The first kappa shape index (κ1) is 24.4. The molecule has 0 spiro atoms. The number of aryl methyl sites for hydroxylation is 1. The Labute approximate surface area is 197 Å². The van der Waals surface area contributed by atoms with Crippen LogP contribution in [-0.2, 0) is 13.6 Å². The summed E-state index contributed by atoms with van der Waals surface area (Å²) in [6, 6.07) is 8.85. The molecule has 1 fully saturated rings. The zero-order valence-corrected chi connectivity index (χ0v) is 20.8. The van der Waals surface area contributed by atoms with Crippen molar-refractivity contribution in [2.24, 2.45) is 12.0 Å². The third kappa shape index (κ3) is 6.85. The van der Waals surface area contributed by atoms with Gasteiger partial charge >= 0.3 is 0 Å². The first-order valence-electron chi connectivity index (χ1n) is 10.6. The average Bonchev–Trinajstić information content (AvgIpc) is 3.36. The van der Waals surface area contributed by atoms with E-state index in [1.807, 2.05) is 30.7 Å². The van der Waals surface area contributed by atoms with E-state index in [-0.39, 0.29) is 24.0 Å². The number of hydrogen-bond acceptors (Lipinski definition) is 4. The van der Waals surface area contributed by atoms with Crippen LogP contribution in [0.15, 0.2) is 29.3 Å². The summed E-state index contributed by atoms with van der Waals surface area (Å²) in [5.41, 5.74) is 1.32. The predicted molar refractivity (Wildman–Crippen MR) is 132 cm³/mol. The van der Waals surface area contributed by atoms with Gasteiger partial charge in [0.05, 0.1) is 7.11 Å². The molecule has 2 aromatic rings. The molecule has 1 aromatic carbocycles. The molecular weight excluding hydrogens is 491 g/mol. The summed E-state index contributed by atoms with van der Waals surface area (Å²) in [6.07, 6.45) is 6.04. The van der Waals surface area contributed by atoms with Crippen LogP contribution in [0.3, 0.4) is 0 Å². The van der Waals surface area contributed by atoms with Crippen LogP contribution in [0.1, 0.15) is 62.2 Å². The highest BCUT2D eigenvalue weighted by Gasteiger charge is 2.16. The SMILES string of the molecule is COc1ccc(C(C)CCNC(=NCc2nnc(C)n2C)NC2CCCC2)cc1.I. The Morgan fingerprint density at radius 1 is 1.23 bits per heavy atom. The number of hydrogen-bond donors (Lipinski definition) is 2. The number of ether oxygens (including phenoxy) is 1. The van der Waals surface area contributed by atoms with Gasteiger partial charge in [-0.05, 0) is 49.8 Å². The number of nitrogens with zero attached hydrogens (tertiary/aromatic N) is 4. The maximum atomic E-state index is 5.25. The third-order valence-electron chi connectivity index (χ3n) is 5.81. The molecule has 30 heavy (non-hydrogen) atoms. The molecule has 0 radical (unpaired) electrons. The van der Waals surface area contributed by atoms with Crippen LogP contribution in [0.25, 0.3) is 0 Å². The zero-order chi connectivity index (χ0) is 20.6. The van der Waals surface area contributed by atoms with Crippen LogP contribution in [-0.4, -0.2) is 40.4 Å². The van der Waals surface area contributed by atoms with Gasteiger partial charge in [-0.25, -0.2) is 4.99 Å². The Bertz CT molecular complexity index is 798. The quantitative estimate of drug-likeness (QED) is 0.310. The number of halogens is 1. The van der Waals surface area contributed by atoms with Gasteiger partial charge in [-0.1, -0.05) is 31.9 Å². The summed E-state index contributed by atoms with van der Waals surface area (Å²) in [6.45, 7) is 5.60. The standard InChI is InChI=1S/C22H34N6O.HI/c1-16(18-9-11-20(29-4)12-10-18)13-14-23-22(25-19-7-5-6-8-19)24-15-21-27-26-17(2)28(21)3;/h9-12,16,19H,5-8,13-15H2,1-4H3,(H2,23,24,25);1H. The molecule has 7 nitrogen and oxygen atoms in total. The molecule has 0 saturated heterocycles. The smallest absolute Gasteiger partial charge is 0.191 e. The van der Waals surface area contributed by atoms with Gasteiger partial charge in [-0.3, -0.25) is 0 Å². The molecule has 0 amide bonds. The van der Waals surface area contributed by atoms with Gasteiger partial charge in [0.25, 0.3) is 0 Å². The lowest BCUT2D eigenvalue weighted by Crippen LogP contribution is -2.43. The highest BCUT2D eigenvalue weighted by atomic mass is 127. The molecule has 166 valence electrons. The molecule has 0 bridgehead atoms. The van der Waals surface area contributed by atoms with Crippen LogP contribution < -0.4 is 15.4 Å². The van der Waals surface area contributed by atoms with Gasteiger partial charge in [0.1, 0.15) is 18.1 Å². The number of rotatable bonds is 8. The summed E-state index contributed by atoms with van der Waals surface area (Å²) < 4.78 is 7.24. The van der Waals surface area contributed by atoms with Gasteiger partial charge in [-0.2, -0.15) is 0 Å². The molecule has 2 N–H and O–H groups in total. The van der Waals surface area contributed by atoms with Crippen LogP contribution in [0.5, 0.6) is 5.75 Å². The summed E-state index contributed by atoms with van der Waals surface area (Å²) in [5.74, 6) is 4.01. The van der Waals surface area contributed by atoms with Gasteiger partial charge in [-0.15, -0.1) is 34.2 Å². The molecule has 1 atom stereocenters. The topological polar surface area (TPSA) is 76.4 Å². The number of nitrogens with one attached hydrogen (secondary N) is 2. The van der Waals surface area contributed by atoms with E-state index in [9.17, 15) is 0 Å². The summed E-state index contributed by atoms with van der Waals surface area (Å²) in [5, 5.41) is 15.5. The Morgan fingerprint density at radius 3 is 2.53 bits per heavy atom. The molecule has 1 unspecified atom stereocenters. The van der Waals surface area contributed by atoms with Crippen molar-refractivity contribution in [2.45, 2.75) is 64.5 Å². The van der Waals surface area contributed by atoms with Gasteiger partial charge in [0.15, 0.2) is 11.8 Å². The van der Waals surface area contributed by atoms with Crippen LogP contribution in [0.4, 0.5) is 0 Å². The fourth-order valence-electron chi connectivity index (χ4n) is 3.66. The fourth-order valence-corrected chi connectivity index (χ4v) is 3.66. The van der Waals surface area contributed by atoms with Crippen LogP contribution in [0, 0.1) is 6.92 Å². The zero-order valence-electron chi connectivity index (χ0n) is 18.5. The van der Waals surface area contributed by atoms with Crippen molar-refractivity contribution in [3.8, 4) is 5.75 Å². The Balaban J connectivity index is 0.00000320. The Hall–Kier alpha value is -1.84. The van der Waals surface area contributed by atoms with E-state index in [1.165, 1.54) is 31.2 Å². The second kappa shape index (κ2) is 12.1. The van der Waals surface area contributed by atoms with E-state index in [1.54, 1.807) is 7.11 Å². The minimum Gasteiger partial charge on any atom is -0.497 e. The van der Waals surface area contributed by atoms with Crippen LogP contribution in [0.2, 0.25) is 0 Å². The van der Waals surface area contributed by atoms with E-state index in [2.05, 4.69) is 39.9 Å². The number of guanidine groups is 1. The largest absolute Gasteiger partial charge is 0.497 e. The molecule has 3 rings (SSSR count). The van der Waals surface area contributed by atoms with Gasteiger partial charge in [0.2, 0.25) is 0 Å². The van der Waals surface area contributed by atoms with Crippen molar-refractivity contribution in [3.05, 3.63) is 41.5 Å². The van der Waals surface area contributed by atoms with E-state index in [0.29, 0.717) is 18.5 Å². The lowest BCUT2D eigenvalue weighted by Gasteiger charge is -2.19. The molecule has 1 aromatic heterocycles. The highest BCUT2D eigenvalue weighted by Crippen LogP contribution is 2.21. The Morgan fingerprint density at radius 2 is 1.93 bits per heavy atom. The first-order chi connectivity index (χ1) is 14.1. The third-order valence-corrected chi connectivity index (χ3v) is 5.81. The molecule has 0 aliphatic heterocycles. The highest BCUT2D eigenvalue weighted by molar-refractivity contribution is 14.0. The second-order valence-electron chi connectivity index (χ2n) is 7.90. The van der Waals surface area contributed by atoms with Crippen molar-refractivity contribution in [2.75, 3.05) is 13.7 Å². The summed E-state index contributed by atoms with van der Waals surface area (Å²) in [7, 11) is 3.68. The maximum absolute atomic E-state index is 5.25. The van der Waals surface area contributed by atoms with E-state index in [4.69, 9.17) is 9.73 Å². The van der Waals surface area contributed by atoms with Crippen molar-refractivity contribution in [1.82, 2.24) is 25.4 Å². The minimum atomic E-state index is 0. The summed E-state index contributed by atoms with van der Waals surface area (Å²) in [4.78, 5) is 4.78. The maximum Gasteiger partial charge on any atom is 0.191 e. The number of aliphatic imine (C=N–C) groups is 1. The Kier molecular flexibility index (Phi) is 9.87.